The third-order valence-corrected chi connectivity index (χ3v) is 3.62. The maximum absolute atomic E-state index is 13.0. The van der Waals surface area contributed by atoms with Crippen LogP contribution in [0, 0.1) is 5.82 Å². The van der Waals surface area contributed by atoms with Gasteiger partial charge >= 0.3 is 0 Å². The average molecular weight is 328 g/mol. The van der Waals surface area contributed by atoms with E-state index in [0.29, 0.717) is 21.4 Å². The molecule has 0 radical (unpaired) electrons. The summed E-state index contributed by atoms with van der Waals surface area (Å²) in [5.41, 5.74) is 1.81. The Morgan fingerprint density at radius 3 is 2.57 bits per heavy atom. The molecule has 0 saturated heterocycles. The van der Waals surface area contributed by atoms with Crippen molar-refractivity contribution in [3.8, 4) is 5.75 Å². The molecule has 0 aliphatic heterocycles. The fraction of sp³-hybridized carbons (Fsp3) is 0.250. The molecule has 2 aromatic carbocycles. The minimum Gasteiger partial charge on any atom is -0.487 e. The van der Waals surface area contributed by atoms with Gasteiger partial charge in [-0.05, 0) is 36.4 Å². The van der Waals surface area contributed by atoms with Gasteiger partial charge in [0.05, 0.1) is 10.0 Å². The van der Waals surface area contributed by atoms with E-state index in [1.54, 1.807) is 6.07 Å². The molecular weight excluding hydrogens is 312 g/mol. The molecule has 1 N–H and O–H groups in total. The normalized spacial score (nSPS) is 10.7. The molecule has 5 heteroatoms. The van der Waals surface area contributed by atoms with Crippen LogP contribution >= 0.6 is 23.2 Å². The highest BCUT2D eigenvalue weighted by Gasteiger charge is 2.06. The van der Waals surface area contributed by atoms with Gasteiger partial charge in [-0.15, -0.1) is 0 Å². The second-order valence-electron chi connectivity index (χ2n) is 4.57. The molecule has 0 aliphatic carbocycles. The van der Waals surface area contributed by atoms with Gasteiger partial charge in [-0.25, -0.2) is 4.39 Å². The van der Waals surface area contributed by atoms with Gasteiger partial charge in [0.1, 0.15) is 18.2 Å². The van der Waals surface area contributed by atoms with Gasteiger partial charge in [-0.1, -0.05) is 42.3 Å². The number of rotatable bonds is 6. The van der Waals surface area contributed by atoms with Crippen LogP contribution in [0.25, 0.3) is 0 Å². The van der Waals surface area contributed by atoms with Gasteiger partial charge in [0.15, 0.2) is 0 Å². The van der Waals surface area contributed by atoms with Gasteiger partial charge in [-0.3, -0.25) is 0 Å². The Balaban J connectivity index is 2.02. The standard InChI is InChI=1S/C16H16Cl2FNO/c1-2-20-9-11-3-6-16(15(18)7-11)21-10-12-4-5-13(19)8-14(12)17/h3-8,20H,2,9-10H2,1H3. The van der Waals surface area contributed by atoms with Crippen LogP contribution in [0.15, 0.2) is 36.4 Å². The lowest BCUT2D eigenvalue weighted by Crippen LogP contribution is -2.11. The van der Waals surface area contributed by atoms with E-state index in [9.17, 15) is 4.39 Å². The first-order chi connectivity index (χ1) is 10.1. The van der Waals surface area contributed by atoms with E-state index in [0.717, 1.165) is 18.7 Å². The zero-order valence-corrected chi connectivity index (χ0v) is 13.1. The van der Waals surface area contributed by atoms with Crippen LogP contribution in [-0.4, -0.2) is 6.54 Å². The molecule has 0 atom stereocenters. The molecule has 0 unspecified atom stereocenters. The summed E-state index contributed by atoms with van der Waals surface area (Å²) in [4.78, 5) is 0. The maximum Gasteiger partial charge on any atom is 0.138 e. The Hall–Kier alpha value is -1.29. The summed E-state index contributed by atoms with van der Waals surface area (Å²) in [5, 5.41) is 4.12. The summed E-state index contributed by atoms with van der Waals surface area (Å²) in [5.74, 6) is 0.215. The number of ether oxygens (including phenoxy) is 1. The fourth-order valence-electron chi connectivity index (χ4n) is 1.83. The van der Waals surface area contributed by atoms with E-state index < -0.39 is 0 Å². The molecule has 0 fully saturated rings. The van der Waals surface area contributed by atoms with Crippen LogP contribution in [0.1, 0.15) is 18.1 Å². The molecule has 0 bridgehead atoms. The highest BCUT2D eigenvalue weighted by Crippen LogP contribution is 2.27. The van der Waals surface area contributed by atoms with Crippen molar-refractivity contribution < 1.29 is 9.13 Å². The Bertz CT molecular complexity index is 619. The number of benzene rings is 2. The van der Waals surface area contributed by atoms with Gasteiger partial charge in [0.2, 0.25) is 0 Å². The summed E-state index contributed by atoms with van der Waals surface area (Å²) >= 11 is 12.2. The van der Waals surface area contributed by atoms with Crippen molar-refractivity contribution in [2.75, 3.05) is 6.54 Å². The first-order valence-corrected chi connectivity index (χ1v) is 7.41. The predicted octanol–water partition coefficient (Wildman–Crippen LogP) is 4.82. The van der Waals surface area contributed by atoms with Crippen LogP contribution in [0.3, 0.4) is 0 Å². The van der Waals surface area contributed by atoms with Crippen molar-refractivity contribution in [1.29, 1.82) is 0 Å². The Morgan fingerprint density at radius 2 is 1.90 bits per heavy atom. The van der Waals surface area contributed by atoms with Crippen LogP contribution in [0.2, 0.25) is 10.0 Å². The van der Waals surface area contributed by atoms with Gasteiger partial charge in [0, 0.05) is 12.1 Å². The minimum absolute atomic E-state index is 0.241. The van der Waals surface area contributed by atoms with E-state index in [4.69, 9.17) is 27.9 Å². The molecule has 0 saturated carbocycles. The third kappa shape index (κ3) is 4.60. The van der Waals surface area contributed by atoms with Crippen LogP contribution in [0.5, 0.6) is 5.75 Å². The Morgan fingerprint density at radius 1 is 1.10 bits per heavy atom. The van der Waals surface area contributed by atoms with Crippen LogP contribution < -0.4 is 10.1 Å². The van der Waals surface area contributed by atoms with E-state index in [-0.39, 0.29) is 12.4 Å². The molecule has 0 amide bonds. The monoisotopic (exact) mass is 327 g/mol. The van der Waals surface area contributed by atoms with E-state index >= 15 is 0 Å². The lowest BCUT2D eigenvalue weighted by Gasteiger charge is -2.11. The minimum atomic E-state index is -0.366. The topological polar surface area (TPSA) is 21.3 Å². The summed E-state index contributed by atoms with van der Waals surface area (Å²) in [7, 11) is 0. The zero-order chi connectivity index (χ0) is 15.2. The summed E-state index contributed by atoms with van der Waals surface area (Å²) in [6.45, 7) is 3.95. The zero-order valence-electron chi connectivity index (χ0n) is 11.6. The molecular formula is C16H16Cl2FNO. The van der Waals surface area contributed by atoms with Crippen molar-refractivity contribution >= 4 is 23.2 Å². The lowest BCUT2D eigenvalue weighted by molar-refractivity contribution is 0.306. The smallest absolute Gasteiger partial charge is 0.138 e. The Kier molecular flexibility index (Phi) is 5.85. The fourth-order valence-corrected chi connectivity index (χ4v) is 2.31. The van der Waals surface area contributed by atoms with Crippen molar-refractivity contribution in [2.45, 2.75) is 20.1 Å². The highest BCUT2D eigenvalue weighted by molar-refractivity contribution is 6.32. The first-order valence-electron chi connectivity index (χ1n) is 6.66. The first kappa shape index (κ1) is 16.1. The molecule has 0 aliphatic rings. The lowest BCUT2D eigenvalue weighted by atomic mass is 10.2. The number of hydrogen-bond acceptors (Lipinski definition) is 2. The van der Waals surface area contributed by atoms with Crippen molar-refractivity contribution in [3.05, 3.63) is 63.4 Å². The number of nitrogens with one attached hydrogen (secondary N) is 1. The number of hydrogen-bond donors (Lipinski definition) is 1. The average Bonchev–Trinajstić information content (AvgIpc) is 2.45. The molecule has 2 nitrogen and oxygen atoms in total. The predicted molar refractivity (Wildman–Crippen MR) is 84.6 cm³/mol. The molecule has 0 heterocycles. The SMILES string of the molecule is CCNCc1ccc(OCc2ccc(F)cc2Cl)c(Cl)c1. The second-order valence-corrected chi connectivity index (χ2v) is 5.38. The van der Waals surface area contributed by atoms with Crippen molar-refractivity contribution in [3.63, 3.8) is 0 Å². The van der Waals surface area contributed by atoms with Crippen LogP contribution in [-0.2, 0) is 13.2 Å². The molecule has 0 spiro atoms. The maximum atomic E-state index is 13.0. The van der Waals surface area contributed by atoms with Crippen LogP contribution in [0.4, 0.5) is 4.39 Å². The second kappa shape index (κ2) is 7.64. The quantitative estimate of drug-likeness (QED) is 0.821. The molecule has 112 valence electrons. The van der Waals surface area contributed by atoms with Gasteiger partial charge in [0.25, 0.3) is 0 Å². The van der Waals surface area contributed by atoms with E-state index in [1.165, 1.54) is 12.1 Å². The van der Waals surface area contributed by atoms with Gasteiger partial charge < -0.3 is 10.1 Å². The third-order valence-electron chi connectivity index (χ3n) is 2.97. The summed E-state index contributed by atoms with van der Waals surface area (Å²) < 4.78 is 18.6. The number of halogens is 3. The summed E-state index contributed by atoms with van der Waals surface area (Å²) in [6, 6.07) is 9.87. The molecule has 0 aromatic heterocycles. The van der Waals surface area contributed by atoms with Gasteiger partial charge in [-0.2, -0.15) is 0 Å². The van der Waals surface area contributed by atoms with Crippen molar-refractivity contribution in [1.82, 2.24) is 5.32 Å². The van der Waals surface area contributed by atoms with E-state index in [2.05, 4.69) is 5.32 Å². The highest BCUT2D eigenvalue weighted by atomic mass is 35.5. The largest absolute Gasteiger partial charge is 0.487 e. The molecule has 21 heavy (non-hydrogen) atoms. The Labute approximate surface area is 133 Å². The molecule has 2 rings (SSSR count). The van der Waals surface area contributed by atoms with E-state index in [1.807, 2.05) is 25.1 Å². The van der Waals surface area contributed by atoms with Crippen molar-refractivity contribution in [2.24, 2.45) is 0 Å². The molecule has 2 aromatic rings. The summed E-state index contributed by atoms with van der Waals surface area (Å²) in [6.07, 6.45) is 0.